The third-order valence-electron chi connectivity index (χ3n) is 3.87. The SMILES string of the molecule is C[Si](C)(C)O[Si](CCCN([Si](C)(C)C)[Si](C)(C)C)(O[Si](C)(C)C)O[Si](C)(C)C. The van der Waals surface area contributed by atoms with E-state index in [0.29, 0.717) is 0 Å². The Balaban J connectivity index is 5.72. The fourth-order valence-electron chi connectivity index (χ4n) is 3.75. The minimum Gasteiger partial charge on any atom is -0.417 e. The molecule has 0 unspecified atom stereocenters. The van der Waals surface area contributed by atoms with E-state index in [0.717, 1.165) is 19.0 Å². The van der Waals surface area contributed by atoms with Gasteiger partial charge in [0.1, 0.15) is 16.5 Å². The fourth-order valence-corrected chi connectivity index (χ4v) is 28.1. The fraction of sp³-hybridized carbons (Fsp3) is 1.00. The van der Waals surface area contributed by atoms with Crippen LogP contribution in [0, 0.1) is 0 Å². The van der Waals surface area contributed by atoms with Crippen molar-refractivity contribution in [1.29, 1.82) is 0 Å². The second-order valence-corrected chi connectivity index (χ2v) is 40.1. The van der Waals surface area contributed by atoms with Gasteiger partial charge in [-0.15, -0.1) is 0 Å². The highest BCUT2D eigenvalue weighted by Gasteiger charge is 2.49. The molecule has 0 aromatic heterocycles. The molecule has 10 heteroatoms. The van der Waals surface area contributed by atoms with Gasteiger partial charge in [-0.1, -0.05) is 39.3 Å². The predicted molar refractivity (Wildman–Crippen MR) is 142 cm³/mol. The molecule has 0 rings (SSSR count). The van der Waals surface area contributed by atoms with Crippen molar-refractivity contribution in [2.45, 2.75) is 111 Å². The van der Waals surface area contributed by atoms with Crippen molar-refractivity contribution in [2.75, 3.05) is 6.54 Å². The molecule has 4 nitrogen and oxygen atoms in total. The molecule has 0 aromatic rings. The lowest BCUT2D eigenvalue weighted by Gasteiger charge is -2.45. The van der Waals surface area contributed by atoms with Crippen molar-refractivity contribution < 1.29 is 12.3 Å². The quantitative estimate of drug-likeness (QED) is 0.276. The first-order chi connectivity index (χ1) is 12.0. The lowest BCUT2D eigenvalue weighted by atomic mass is 10.5. The third-order valence-corrected chi connectivity index (χ3v) is 23.6. The van der Waals surface area contributed by atoms with Gasteiger partial charge < -0.3 is 16.6 Å². The van der Waals surface area contributed by atoms with Gasteiger partial charge >= 0.3 is 8.80 Å². The molecule has 0 aromatic carbocycles. The molecule has 0 heterocycles. The van der Waals surface area contributed by atoms with E-state index in [-0.39, 0.29) is 0 Å². The Morgan fingerprint density at radius 3 is 1.00 bits per heavy atom. The molecule has 28 heavy (non-hydrogen) atoms. The van der Waals surface area contributed by atoms with Gasteiger partial charge in [0, 0.05) is 6.04 Å². The molecule has 0 saturated carbocycles. The van der Waals surface area contributed by atoms with Gasteiger partial charge in [0.25, 0.3) is 0 Å². The lowest BCUT2D eigenvalue weighted by Crippen LogP contribution is -2.62. The largest absolute Gasteiger partial charge is 0.469 e. The van der Waals surface area contributed by atoms with Crippen LogP contribution in [0.15, 0.2) is 0 Å². The van der Waals surface area contributed by atoms with E-state index in [4.69, 9.17) is 12.3 Å². The average Bonchev–Trinajstić information content (AvgIpc) is 2.23. The molecule has 0 saturated heterocycles. The second-order valence-electron chi connectivity index (χ2n) is 12.9. The Labute approximate surface area is 183 Å². The zero-order valence-electron chi connectivity index (χ0n) is 21.8. The Morgan fingerprint density at radius 2 is 0.786 bits per heavy atom. The van der Waals surface area contributed by atoms with Crippen LogP contribution >= 0.6 is 0 Å². The van der Waals surface area contributed by atoms with E-state index in [1.165, 1.54) is 0 Å². The van der Waals surface area contributed by atoms with Crippen LogP contribution in [0.5, 0.6) is 0 Å². The maximum Gasteiger partial charge on any atom is 0.469 e. The van der Waals surface area contributed by atoms with Crippen LogP contribution < -0.4 is 0 Å². The van der Waals surface area contributed by atoms with Gasteiger partial charge in [-0.3, -0.25) is 0 Å². The first-order valence-corrected chi connectivity index (χ1v) is 29.9. The monoisotopic (exact) mass is 497 g/mol. The van der Waals surface area contributed by atoms with E-state index in [1.54, 1.807) is 0 Å². The Bertz CT molecular complexity index is 429. The van der Waals surface area contributed by atoms with Gasteiger partial charge in [0.05, 0.1) is 0 Å². The maximum absolute atomic E-state index is 6.84. The minimum atomic E-state index is -2.70. The van der Waals surface area contributed by atoms with Crippen LogP contribution in [0.3, 0.4) is 0 Å². The van der Waals surface area contributed by atoms with E-state index in [9.17, 15) is 0 Å². The topological polar surface area (TPSA) is 30.9 Å². The normalized spacial score (nSPS) is 15.4. The Hall–Kier alpha value is 1.14. The zero-order valence-corrected chi connectivity index (χ0v) is 27.8. The highest BCUT2D eigenvalue weighted by molar-refractivity contribution is 6.90. The molecule has 0 radical (unpaired) electrons. The van der Waals surface area contributed by atoms with Gasteiger partial charge in [0.15, 0.2) is 25.0 Å². The summed E-state index contributed by atoms with van der Waals surface area (Å²) >= 11 is 0. The molecule has 0 N–H and O–H groups in total. The number of nitrogens with zero attached hydrogens (tertiary/aromatic N) is 1. The summed E-state index contributed by atoms with van der Waals surface area (Å²) in [4.78, 5) is 0. The van der Waals surface area contributed by atoms with Crippen molar-refractivity contribution in [1.82, 2.24) is 4.23 Å². The van der Waals surface area contributed by atoms with E-state index >= 15 is 0 Å². The first-order valence-electron chi connectivity index (χ1n) is 10.8. The maximum atomic E-state index is 6.84. The summed E-state index contributed by atoms with van der Waals surface area (Å²) in [7, 11) is -10.7. The van der Waals surface area contributed by atoms with Gasteiger partial charge in [-0.25, -0.2) is 0 Å². The Kier molecular flexibility index (Phi) is 10.1. The molecule has 0 aliphatic heterocycles. The van der Waals surface area contributed by atoms with Crippen LogP contribution in [-0.4, -0.2) is 61.0 Å². The summed E-state index contributed by atoms with van der Waals surface area (Å²) in [6.45, 7) is 36.5. The van der Waals surface area contributed by atoms with E-state index in [1.807, 2.05) is 0 Å². The molecular weight excluding hydrogens is 447 g/mol. The van der Waals surface area contributed by atoms with Crippen molar-refractivity contribution in [3.8, 4) is 0 Å². The van der Waals surface area contributed by atoms with Crippen LogP contribution in [0.2, 0.25) is 104 Å². The van der Waals surface area contributed by atoms with E-state index in [2.05, 4.69) is 102 Å². The van der Waals surface area contributed by atoms with Crippen LogP contribution in [0.25, 0.3) is 0 Å². The summed E-state index contributed by atoms with van der Waals surface area (Å²) in [5.74, 6) is 0. The molecule has 0 atom stereocenters. The van der Waals surface area contributed by atoms with Crippen molar-refractivity contribution in [3.05, 3.63) is 0 Å². The molecule has 0 amide bonds. The molecule has 0 spiro atoms. The highest BCUT2D eigenvalue weighted by Crippen LogP contribution is 2.31. The number of hydrogen-bond donors (Lipinski definition) is 0. The zero-order chi connectivity index (χ0) is 22.8. The first kappa shape index (κ1) is 29.1. The number of rotatable bonds is 12. The summed E-state index contributed by atoms with van der Waals surface area (Å²) < 4.78 is 23.4. The number of hydrogen-bond acceptors (Lipinski definition) is 4. The molecule has 170 valence electrons. The summed E-state index contributed by atoms with van der Waals surface area (Å²) in [5, 5.41) is 0. The highest BCUT2D eigenvalue weighted by atomic mass is 28.5. The van der Waals surface area contributed by atoms with Gasteiger partial charge in [0.2, 0.25) is 0 Å². The summed E-state index contributed by atoms with van der Waals surface area (Å²) in [6, 6.07) is 0.956. The van der Waals surface area contributed by atoms with Crippen molar-refractivity contribution in [2.24, 2.45) is 0 Å². The minimum absolute atomic E-state index is 0.956. The molecule has 0 fully saturated rings. The lowest BCUT2D eigenvalue weighted by molar-refractivity contribution is 0.249. The smallest absolute Gasteiger partial charge is 0.417 e. The molecule has 0 aliphatic rings. The summed E-state index contributed by atoms with van der Waals surface area (Å²) in [6.07, 6.45) is 1.11. The van der Waals surface area contributed by atoms with Crippen LogP contribution in [-0.2, 0) is 12.3 Å². The van der Waals surface area contributed by atoms with Crippen molar-refractivity contribution in [3.63, 3.8) is 0 Å². The van der Waals surface area contributed by atoms with Gasteiger partial charge in [-0.05, 0) is 71.9 Å². The van der Waals surface area contributed by atoms with Crippen LogP contribution in [0.1, 0.15) is 6.42 Å². The second kappa shape index (κ2) is 9.74. The van der Waals surface area contributed by atoms with E-state index < -0.39 is 50.2 Å². The molecular formula is C18H51NO3Si6. The third kappa shape index (κ3) is 12.7. The Morgan fingerprint density at radius 1 is 0.500 bits per heavy atom. The average molecular weight is 498 g/mol. The summed E-state index contributed by atoms with van der Waals surface area (Å²) in [5.41, 5.74) is 0. The van der Waals surface area contributed by atoms with Crippen LogP contribution in [0.4, 0.5) is 0 Å². The van der Waals surface area contributed by atoms with Crippen molar-refractivity contribution >= 4 is 50.2 Å². The van der Waals surface area contributed by atoms with Gasteiger partial charge in [-0.2, -0.15) is 0 Å². The predicted octanol–water partition coefficient (Wildman–Crippen LogP) is 6.84. The molecule has 0 bridgehead atoms. The molecule has 0 aliphatic carbocycles. The standard InChI is InChI=1S/C18H51NO3Si6/c1-23(2,3)19(24(4,5)6)17-16-18-28(20-25(7,8)9,21-26(10,11)12)22-27(13,14)15/h16-18H2,1-15H3.